The van der Waals surface area contributed by atoms with E-state index >= 15 is 0 Å². The number of hydrogen-bond acceptors (Lipinski definition) is 2. The normalized spacial score (nSPS) is 8.91. The van der Waals surface area contributed by atoms with Crippen molar-refractivity contribution < 1.29 is 9.53 Å². The molecular formula is C9H12O2. The minimum atomic E-state index is -0.447. The minimum Gasteiger partial charge on any atom is -0.456 e. The third-order valence-electron chi connectivity index (χ3n) is 0.921. The number of carbonyl (C=O) groups is 1. The fourth-order valence-electron chi connectivity index (χ4n) is 0.467. The largest absolute Gasteiger partial charge is 0.456 e. The smallest absolute Gasteiger partial charge is 0.384 e. The van der Waals surface area contributed by atoms with Crippen molar-refractivity contribution in [3.63, 3.8) is 0 Å². The minimum absolute atomic E-state index is 0.386. The van der Waals surface area contributed by atoms with Gasteiger partial charge in [-0.1, -0.05) is 18.1 Å². The second-order valence-corrected chi connectivity index (χ2v) is 1.80. The van der Waals surface area contributed by atoms with Crippen LogP contribution in [0, 0.1) is 11.8 Å². The van der Waals surface area contributed by atoms with E-state index in [1.54, 1.807) is 6.92 Å². The van der Waals surface area contributed by atoms with E-state index < -0.39 is 5.97 Å². The molecule has 0 aliphatic rings. The summed E-state index contributed by atoms with van der Waals surface area (Å²) < 4.78 is 4.59. The molecule has 0 rings (SSSR count). The lowest BCUT2D eigenvalue weighted by Crippen LogP contribution is -1.99. The quantitative estimate of drug-likeness (QED) is 0.259. The fraction of sp³-hybridized carbons (Fsp3) is 0.444. The van der Waals surface area contributed by atoms with Gasteiger partial charge in [0.05, 0.1) is 6.61 Å². The van der Waals surface area contributed by atoms with E-state index in [0.29, 0.717) is 13.0 Å². The molecule has 0 aromatic carbocycles. The molecule has 0 saturated carbocycles. The van der Waals surface area contributed by atoms with Gasteiger partial charge in [-0.05, 0) is 13.8 Å². The molecule has 0 fully saturated rings. The first-order chi connectivity index (χ1) is 5.31. The summed E-state index contributed by atoms with van der Waals surface area (Å²) in [5.41, 5.74) is 0. The average Bonchev–Trinajstić information content (AvgIpc) is 1.99. The molecule has 0 unspecified atom stereocenters. The first-order valence-corrected chi connectivity index (χ1v) is 3.58. The maximum absolute atomic E-state index is 10.6. The van der Waals surface area contributed by atoms with Gasteiger partial charge in [-0.2, -0.15) is 0 Å². The Morgan fingerprint density at radius 2 is 2.36 bits per heavy atom. The Kier molecular flexibility index (Phi) is 6.11. The highest BCUT2D eigenvalue weighted by Crippen LogP contribution is 1.79. The van der Waals surface area contributed by atoms with Crippen LogP contribution < -0.4 is 0 Å². The van der Waals surface area contributed by atoms with E-state index in [1.807, 2.05) is 19.1 Å². The van der Waals surface area contributed by atoms with Crippen LogP contribution in [0.3, 0.4) is 0 Å². The van der Waals surface area contributed by atoms with Gasteiger partial charge in [0.2, 0.25) is 0 Å². The Morgan fingerprint density at radius 3 is 2.91 bits per heavy atom. The zero-order chi connectivity index (χ0) is 8.53. The highest BCUT2D eigenvalue weighted by molar-refractivity contribution is 5.88. The van der Waals surface area contributed by atoms with Crippen LogP contribution in [0.25, 0.3) is 0 Å². The van der Waals surface area contributed by atoms with Gasteiger partial charge in [-0.25, -0.2) is 4.79 Å². The van der Waals surface area contributed by atoms with E-state index in [9.17, 15) is 4.79 Å². The van der Waals surface area contributed by atoms with Gasteiger partial charge in [0.25, 0.3) is 0 Å². The summed E-state index contributed by atoms with van der Waals surface area (Å²) >= 11 is 0. The predicted octanol–water partition coefficient (Wildman–Crippen LogP) is 1.52. The lowest BCUT2D eigenvalue weighted by atomic mass is 10.4. The van der Waals surface area contributed by atoms with Crippen LogP contribution in [0.4, 0.5) is 0 Å². The average molecular weight is 152 g/mol. The van der Waals surface area contributed by atoms with Crippen LogP contribution in [-0.2, 0) is 9.53 Å². The van der Waals surface area contributed by atoms with Gasteiger partial charge in [-0.3, -0.25) is 0 Å². The summed E-state index contributed by atoms with van der Waals surface area (Å²) in [7, 11) is 0. The Balaban J connectivity index is 3.60. The van der Waals surface area contributed by atoms with Crippen LogP contribution in [-0.4, -0.2) is 12.6 Å². The molecule has 0 N–H and O–H groups in total. The molecule has 0 bridgehead atoms. The number of allylic oxidation sites excluding steroid dienone is 2. The number of esters is 1. The number of hydrogen-bond donors (Lipinski definition) is 0. The van der Waals surface area contributed by atoms with Crippen molar-refractivity contribution in [2.45, 2.75) is 20.3 Å². The van der Waals surface area contributed by atoms with Crippen molar-refractivity contribution in [3.05, 3.63) is 12.2 Å². The molecule has 2 heteroatoms. The van der Waals surface area contributed by atoms with E-state index in [2.05, 4.69) is 16.6 Å². The van der Waals surface area contributed by atoms with Crippen LogP contribution >= 0.6 is 0 Å². The van der Waals surface area contributed by atoms with Crippen molar-refractivity contribution in [1.29, 1.82) is 0 Å². The summed E-state index contributed by atoms with van der Waals surface area (Å²) in [4.78, 5) is 10.6. The van der Waals surface area contributed by atoms with Crippen LogP contribution in [0.15, 0.2) is 12.2 Å². The fourth-order valence-corrected chi connectivity index (χ4v) is 0.467. The molecule has 0 aliphatic heterocycles. The molecule has 0 aromatic heterocycles. The van der Waals surface area contributed by atoms with Crippen LogP contribution in [0.2, 0.25) is 0 Å². The standard InChI is InChI=1S/C9H12O2/c1-3-5-6-7-8-9(10)11-4-2/h3,5H,4,6H2,1-2H3/b5-3+. The third-order valence-corrected chi connectivity index (χ3v) is 0.921. The molecular weight excluding hydrogens is 140 g/mol. The van der Waals surface area contributed by atoms with E-state index in [1.165, 1.54) is 0 Å². The van der Waals surface area contributed by atoms with Crippen molar-refractivity contribution in [1.82, 2.24) is 0 Å². The lowest BCUT2D eigenvalue weighted by molar-refractivity contribution is -0.136. The maximum atomic E-state index is 10.6. The second kappa shape index (κ2) is 6.88. The third kappa shape index (κ3) is 6.66. The van der Waals surface area contributed by atoms with Gasteiger partial charge >= 0.3 is 5.97 Å². The lowest BCUT2D eigenvalue weighted by Gasteiger charge is -1.89. The predicted molar refractivity (Wildman–Crippen MR) is 43.8 cm³/mol. The van der Waals surface area contributed by atoms with E-state index in [-0.39, 0.29) is 0 Å². The molecule has 0 atom stereocenters. The molecule has 0 aliphatic carbocycles. The first-order valence-electron chi connectivity index (χ1n) is 3.58. The maximum Gasteiger partial charge on any atom is 0.384 e. The molecule has 0 amide bonds. The summed E-state index contributed by atoms with van der Waals surface area (Å²) in [6.07, 6.45) is 4.38. The van der Waals surface area contributed by atoms with E-state index in [4.69, 9.17) is 0 Å². The molecule has 0 aromatic rings. The first kappa shape index (κ1) is 9.77. The number of rotatable bonds is 2. The molecule has 0 saturated heterocycles. The molecule has 0 heterocycles. The monoisotopic (exact) mass is 152 g/mol. The van der Waals surface area contributed by atoms with Gasteiger partial charge in [0, 0.05) is 12.3 Å². The van der Waals surface area contributed by atoms with Gasteiger partial charge in [0.1, 0.15) is 0 Å². The Morgan fingerprint density at radius 1 is 1.64 bits per heavy atom. The zero-order valence-corrected chi connectivity index (χ0v) is 6.89. The molecule has 0 radical (unpaired) electrons. The molecule has 0 spiro atoms. The van der Waals surface area contributed by atoms with Gasteiger partial charge in [-0.15, -0.1) is 0 Å². The Bertz CT molecular complexity index is 193. The molecule has 60 valence electrons. The summed E-state index contributed by atoms with van der Waals surface area (Å²) in [6.45, 7) is 4.05. The van der Waals surface area contributed by atoms with Crippen molar-refractivity contribution in [2.24, 2.45) is 0 Å². The topological polar surface area (TPSA) is 26.3 Å². The second-order valence-electron chi connectivity index (χ2n) is 1.80. The molecule has 2 nitrogen and oxygen atoms in total. The highest BCUT2D eigenvalue weighted by Gasteiger charge is 1.89. The highest BCUT2D eigenvalue weighted by atomic mass is 16.5. The van der Waals surface area contributed by atoms with Crippen molar-refractivity contribution in [2.75, 3.05) is 6.61 Å². The summed E-state index contributed by atoms with van der Waals surface area (Å²) in [5.74, 6) is 4.57. The molecule has 11 heavy (non-hydrogen) atoms. The number of carbonyl (C=O) groups excluding carboxylic acids is 1. The van der Waals surface area contributed by atoms with Crippen molar-refractivity contribution in [3.8, 4) is 11.8 Å². The van der Waals surface area contributed by atoms with Gasteiger partial charge < -0.3 is 4.74 Å². The SMILES string of the molecule is C/C=C/CC#CC(=O)OCC. The number of ether oxygens (including phenoxy) is 1. The van der Waals surface area contributed by atoms with Crippen LogP contribution in [0.5, 0.6) is 0 Å². The van der Waals surface area contributed by atoms with Gasteiger partial charge in [0.15, 0.2) is 0 Å². The van der Waals surface area contributed by atoms with Crippen molar-refractivity contribution >= 4 is 5.97 Å². The zero-order valence-electron chi connectivity index (χ0n) is 6.89. The summed E-state index contributed by atoms with van der Waals surface area (Å²) in [5, 5.41) is 0. The summed E-state index contributed by atoms with van der Waals surface area (Å²) in [6, 6.07) is 0. The Labute approximate surface area is 67.2 Å². The van der Waals surface area contributed by atoms with Crippen LogP contribution in [0.1, 0.15) is 20.3 Å². The van der Waals surface area contributed by atoms with E-state index in [0.717, 1.165) is 0 Å². The Hall–Kier alpha value is -1.23.